The van der Waals surface area contributed by atoms with Crippen LogP contribution in [-0.2, 0) is 18.9 Å². The topological polar surface area (TPSA) is 43.4 Å². The normalized spacial score (nSPS) is 13.6. The van der Waals surface area contributed by atoms with E-state index in [1.54, 1.807) is 28.4 Å². The van der Waals surface area contributed by atoms with Gasteiger partial charge in [-0.15, -0.1) is 0 Å². The summed E-state index contributed by atoms with van der Waals surface area (Å²) in [4.78, 5) is 4.96. The van der Waals surface area contributed by atoms with E-state index < -0.39 is 0 Å². The minimum Gasteiger partial charge on any atom is -0.383 e. The van der Waals surface area contributed by atoms with Crippen LogP contribution in [0.15, 0.2) is 60.7 Å². The summed E-state index contributed by atoms with van der Waals surface area (Å²) in [5, 5.41) is 0. The second kappa shape index (κ2) is 15.9. The molecular formula is C26H40N2O4. The van der Waals surface area contributed by atoms with Crippen LogP contribution >= 0.6 is 0 Å². The number of rotatable bonds is 17. The number of nitrogens with zero attached hydrogens (tertiary/aromatic N) is 2. The lowest BCUT2D eigenvalue weighted by atomic mass is 9.90. The summed E-state index contributed by atoms with van der Waals surface area (Å²) in [5.74, 6) is 0. The van der Waals surface area contributed by atoms with Crippen molar-refractivity contribution in [3.63, 3.8) is 0 Å². The predicted octanol–water partition coefficient (Wildman–Crippen LogP) is 3.66. The third kappa shape index (κ3) is 8.28. The minimum atomic E-state index is 0.109. The summed E-state index contributed by atoms with van der Waals surface area (Å²) < 4.78 is 21.9. The highest BCUT2D eigenvalue weighted by molar-refractivity contribution is 5.28. The first kappa shape index (κ1) is 26.5. The van der Waals surface area contributed by atoms with Gasteiger partial charge in [0, 0.05) is 54.6 Å². The molecule has 2 aromatic carbocycles. The molecule has 0 spiro atoms. The van der Waals surface area contributed by atoms with E-state index in [2.05, 4.69) is 70.5 Å². The zero-order valence-corrected chi connectivity index (χ0v) is 20.1. The maximum atomic E-state index is 5.48. The van der Waals surface area contributed by atoms with Crippen molar-refractivity contribution in [1.82, 2.24) is 9.80 Å². The largest absolute Gasteiger partial charge is 0.383 e. The van der Waals surface area contributed by atoms with Crippen molar-refractivity contribution in [1.29, 1.82) is 0 Å². The van der Waals surface area contributed by atoms with Gasteiger partial charge in [-0.2, -0.15) is 0 Å². The lowest BCUT2D eigenvalue weighted by Crippen LogP contribution is -2.45. The van der Waals surface area contributed by atoms with Gasteiger partial charge < -0.3 is 18.9 Å². The first-order valence-corrected chi connectivity index (χ1v) is 11.3. The zero-order valence-electron chi connectivity index (χ0n) is 20.1. The van der Waals surface area contributed by atoms with Crippen LogP contribution in [-0.4, -0.2) is 90.8 Å². The van der Waals surface area contributed by atoms with E-state index in [9.17, 15) is 0 Å². The molecule has 32 heavy (non-hydrogen) atoms. The molecule has 0 bridgehead atoms. The van der Waals surface area contributed by atoms with E-state index in [1.807, 2.05) is 0 Å². The average Bonchev–Trinajstić information content (AvgIpc) is 2.85. The molecule has 6 heteroatoms. The van der Waals surface area contributed by atoms with E-state index in [0.717, 1.165) is 26.2 Å². The Morgan fingerprint density at radius 1 is 0.500 bits per heavy atom. The molecule has 2 unspecified atom stereocenters. The summed E-state index contributed by atoms with van der Waals surface area (Å²) in [6.45, 7) is 5.87. The maximum absolute atomic E-state index is 5.48. The van der Waals surface area contributed by atoms with Crippen molar-refractivity contribution >= 4 is 0 Å². The molecule has 0 aliphatic carbocycles. The summed E-state index contributed by atoms with van der Waals surface area (Å²) in [6.07, 6.45) is 0. The molecule has 0 N–H and O–H groups in total. The molecule has 0 radical (unpaired) electrons. The first-order chi connectivity index (χ1) is 15.8. The molecule has 0 amide bonds. The van der Waals surface area contributed by atoms with Crippen LogP contribution in [0.25, 0.3) is 0 Å². The van der Waals surface area contributed by atoms with Gasteiger partial charge in [0.1, 0.15) is 0 Å². The van der Waals surface area contributed by atoms with Crippen LogP contribution in [0.5, 0.6) is 0 Å². The van der Waals surface area contributed by atoms with E-state index in [4.69, 9.17) is 18.9 Å². The van der Waals surface area contributed by atoms with Crippen molar-refractivity contribution in [3.8, 4) is 0 Å². The van der Waals surface area contributed by atoms with Gasteiger partial charge in [0.05, 0.1) is 38.5 Å². The van der Waals surface area contributed by atoms with Crippen LogP contribution in [0.1, 0.15) is 23.2 Å². The SMILES string of the molecule is COCCN(CCOC)C(c1ccccc1)C(c1ccccc1)N(CCOC)CCOC. The smallest absolute Gasteiger partial charge is 0.0589 e. The Labute approximate surface area is 194 Å². The fraction of sp³-hybridized carbons (Fsp3) is 0.538. The Hall–Kier alpha value is -1.80. The quantitative estimate of drug-likeness (QED) is 0.371. The highest BCUT2D eigenvalue weighted by Gasteiger charge is 2.34. The molecule has 2 rings (SSSR count). The van der Waals surface area contributed by atoms with E-state index in [0.29, 0.717) is 26.4 Å². The van der Waals surface area contributed by atoms with Gasteiger partial charge in [-0.3, -0.25) is 9.80 Å². The number of hydrogen-bond donors (Lipinski definition) is 0. The predicted molar refractivity (Wildman–Crippen MR) is 129 cm³/mol. The molecule has 6 nitrogen and oxygen atoms in total. The molecule has 0 aliphatic rings. The summed E-state index contributed by atoms with van der Waals surface area (Å²) >= 11 is 0. The Balaban J connectivity index is 2.57. The zero-order chi connectivity index (χ0) is 23.0. The van der Waals surface area contributed by atoms with Crippen LogP contribution < -0.4 is 0 Å². The Kier molecular flexibility index (Phi) is 13.2. The fourth-order valence-electron chi connectivity index (χ4n) is 4.10. The van der Waals surface area contributed by atoms with Gasteiger partial charge in [0.25, 0.3) is 0 Å². The van der Waals surface area contributed by atoms with Gasteiger partial charge in [-0.05, 0) is 11.1 Å². The van der Waals surface area contributed by atoms with Crippen molar-refractivity contribution in [2.24, 2.45) is 0 Å². The average molecular weight is 445 g/mol. The van der Waals surface area contributed by atoms with Gasteiger partial charge in [0.15, 0.2) is 0 Å². The molecule has 0 aliphatic heterocycles. The van der Waals surface area contributed by atoms with Gasteiger partial charge >= 0.3 is 0 Å². The maximum Gasteiger partial charge on any atom is 0.0589 e. The van der Waals surface area contributed by atoms with E-state index in [1.165, 1.54) is 11.1 Å². The summed E-state index contributed by atoms with van der Waals surface area (Å²) in [7, 11) is 7.02. The molecule has 0 aromatic heterocycles. The van der Waals surface area contributed by atoms with Crippen LogP contribution in [0.3, 0.4) is 0 Å². The van der Waals surface area contributed by atoms with E-state index >= 15 is 0 Å². The third-order valence-electron chi connectivity index (χ3n) is 5.70. The summed E-state index contributed by atoms with van der Waals surface area (Å²) in [5.41, 5.74) is 2.54. The second-order valence-corrected chi connectivity index (χ2v) is 7.75. The highest BCUT2D eigenvalue weighted by Crippen LogP contribution is 2.38. The van der Waals surface area contributed by atoms with Crippen LogP contribution in [0, 0.1) is 0 Å². The molecule has 0 heterocycles. The Morgan fingerprint density at radius 2 is 0.781 bits per heavy atom. The molecule has 0 fully saturated rings. The lowest BCUT2D eigenvalue weighted by molar-refractivity contribution is 0.0186. The highest BCUT2D eigenvalue weighted by atomic mass is 16.5. The van der Waals surface area contributed by atoms with Crippen molar-refractivity contribution in [2.75, 3.05) is 81.0 Å². The molecule has 0 saturated carbocycles. The van der Waals surface area contributed by atoms with Gasteiger partial charge in [-0.1, -0.05) is 60.7 Å². The number of ether oxygens (including phenoxy) is 4. The second-order valence-electron chi connectivity index (χ2n) is 7.75. The fourth-order valence-corrected chi connectivity index (χ4v) is 4.10. The molecule has 178 valence electrons. The monoisotopic (exact) mass is 444 g/mol. The van der Waals surface area contributed by atoms with Crippen molar-refractivity contribution < 1.29 is 18.9 Å². The Morgan fingerprint density at radius 3 is 1.03 bits per heavy atom. The van der Waals surface area contributed by atoms with E-state index in [-0.39, 0.29) is 12.1 Å². The molecular weight excluding hydrogens is 404 g/mol. The molecule has 0 saturated heterocycles. The van der Waals surface area contributed by atoms with Crippen molar-refractivity contribution in [2.45, 2.75) is 12.1 Å². The third-order valence-corrected chi connectivity index (χ3v) is 5.70. The van der Waals surface area contributed by atoms with Gasteiger partial charge in [0.2, 0.25) is 0 Å². The Bertz CT molecular complexity index is 624. The number of methoxy groups -OCH3 is 4. The molecule has 2 atom stereocenters. The molecule has 2 aromatic rings. The standard InChI is InChI=1S/C26H40N2O4/c1-29-19-15-27(16-20-30-2)25(23-11-7-5-8-12-23)26(24-13-9-6-10-14-24)28(17-21-31-3)18-22-32-4/h5-14,25-26H,15-22H2,1-4H3. The van der Waals surface area contributed by atoms with Crippen molar-refractivity contribution in [3.05, 3.63) is 71.8 Å². The minimum absolute atomic E-state index is 0.109. The van der Waals surface area contributed by atoms with Crippen LogP contribution in [0.2, 0.25) is 0 Å². The lowest BCUT2D eigenvalue weighted by Gasteiger charge is -2.43. The first-order valence-electron chi connectivity index (χ1n) is 11.3. The number of benzene rings is 2. The number of hydrogen-bond acceptors (Lipinski definition) is 6. The van der Waals surface area contributed by atoms with Crippen LogP contribution in [0.4, 0.5) is 0 Å². The van der Waals surface area contributed by atoms with Gasteiger partial charge in [-0.25, -0.2) is 0 Å². The summed E-state index contributed by atoms with van der Waals surface area (Å²) in [6, 6.07) is 21.7.